The molecule has 0 aliphatic carbocycles. The molecular formula is C25H27N3O2. The molecule has 154 valence electrons. The average Bonchev–Trinajstić information content (AvgIpc) is 3.39. The summed E-state index contributed by atoms with van der Waals surface area (Å²) in [6, 6.07) is 16.5. The molecule has 1 atom stereocenters. The number of nitrogens with zero attached hydrogens (tertiary/aromatic N) is 2. The van der Waals surface area contributed by atoms with Crippen molar-refractivity contribution in [3.63, 3.8) is 0 Å². The van der Waals surface area contributed by atoms with Crippen LogP contribution in [0.3, 0.4) is 0 Å². The summed E-state index contributed by atoms with van der Waals surface area (Å²) in [4.78, 5) is 5.70. The van der Waals surface area contributed by atoms with E-state index in [1.165, 1.54) is 22.0 Å². The molecule has 0 unspecified atom stereocenters. The Balaban J connectivity index is 1.24. The molecule has 30 heavy (non-hydrogen) atoms. The number of H-pyrrole nitrogens is 1. The summed E-state index contributed by atoms with van der Waals surface area (Å²) in [5.74, 6) is 0.867. The van der Waals surface area contributed by atoms with Crippen LogP contribution in [0, 0.1) is 0 Å². The van der Waals surface area contributed by atoms with Crippen LogP contribution in [-0.2, 0) is 6.54 Å². The Morgan fingerprint density at radius 3 is 2.80 bits per heavy atom. The summed E-state index contributed by atoms with van der Waals surface area (Å²) < 4.78 is 7.55. The predicted octanol–water partition coefficient (Wildman–Crippen LogP) is 4.28. The predicted molar refractivity (Wildman–Crippen MR) is 122 cm³/mol. The second kappa shape index (κ2) is 8.01. The van der Waals surface area contributed by atoms with Crippen molar-refractivity contribution in [1.29, 1.82) is 0 Å². The number of para-hydroxylation sites is 1. The number of hydrogen-bond donors (Lipinski definition) is 2. The number of nitrogens with one attached hydrogen (secondary N) is 1. The van der Waals surface area contributed by atoms with Gasteiger partial charge in [0.15, 0.2) is 0 Å². The van der Waals surface area contributed by atoms with Gasteiger partial charge in [-0.1, -0.05) is 30.3 Å². The lowest BCUT2D eigenvalue weighted by Gasteiger charge is -2.28. The quantitative estimate of drug-likeness (QED) is 0.507. The lowest BCUT2D eigenvalue weighted by Crippen LogP contribution is -2.37. The van der Waals surface area contributed by atoms with E-state index in [2.05, 4.69) is 63.1 Å². The fraction of sp³-hybridized carbons (Fsp3) is 0.280. The van der Waals surface area contributed by atoms with Crippen LogP contribution in [0.2, 0.25) is 0 Å². The number of methoxy groups -OCH3 is 1. The third kappa shape index (κ3) is 3.51. The van der Waals surface area contributed by atoms with Gasteiger partial charge in [0.1, 0.15) is 5.75 Å². The minimum atomic E-state index is -0.421. The first kappa shape index (κ1) is 19.0. The number of benzene rings is 2. The van der Waals surface area contributed by atoms with Crippen LogP contribution in [-0.4, -0.2) is 52.4 Å². The highest BCUT2D eigenvalue weighted by atomic mass is 16.5. The molecule has 0 fully saturated rings. The SMILES string of the molecule is COc1cccc2c1ccn2C[C@@H](O)CN1CC=C(c2c[nH]c3ccccc23)CC1. The van der Waals surface area contributed by atoms with Crippen LogP contribution in [0.15, 0.2) is 67.0 Å². The van der Waals surface area contributed by atoms with E-state index in [4.69, 9.17) is 4.74 Å². The number of aliphatic hydroxyl groups is 1. The molecule has 0 amide bonds. The van der Waals surface area contributed by atoms with Gasteiger partial charge in [-0.3, -0.25) is 4.90 Å². The molecule has 1 aliphatic rings. The highest BCUT2D eigenvalue weighted by molar-refractivity contribution is 5.92. The van der Waals surface area contributed by atoms with E-state index >= 15 is 0 Å². The largest absolute Gasteiger partial charge is 0.496 e. The number of aromatic nitrogens is 2. The topological polar surface area (TPSA) is 53.4 Å². The first-order valence-electron chi connectivity index (χ1n) is 10.5. The molecule has 5 heteroatoms. The van der Waals surface area contributed by atoms with Crippen molar-refractivity contribution in [3.8, 4) is 5.75 Å². The molecule has 2 aromatic carbocycles. The molecule has 5 nitrogen and oxygen atoms in total. The van der Waals surface area contributed by atoms with Crippen LogP contribution >= 0.6 is 0 Å². The summed E-state index contributed by atoms with van der Waals surface area (Å²) >= 11 is 0. The number of aromatic amines is 1. The molecule has 0 radical (unpaired) electrons. The Kier molecular flexibility index (Phi) is 5.07. The third-order valence-corrected chi connectivity index (χ3v) is 6.10. The van der Waals surface area contributed by atoms with Crippen molar-refractivity contribution >= 4 is 27.4 Å². The molecule has 0 saturated heterocycles. The first-order chi connectivity index (χ1) is 14.7. The number of β-amino-alcohol motifs (C(OH)–C–C–N with tert-alkyl or cyclic N) is 1. The summed E-state index contributed by atoms with van der Waals surface area (Å²) in [6.07, 6.45) is 7.03. The van der Waals surface area contributed by atoms with Crippen LogP contribution < -0.4 is 4.74 Å². The minimum absolute atomic E-state index is 0.421. The molecule has 0 saturated carbocycles. The standard InChI is InChI=1S/C25H27N3O2/c1-30-25-8-4-7-24-21(25)11-14-28(24)17-19(29)16-27-12-9-18(10-13-27)22-15-26-23-6-3-2-5-20(22)23/h2-9,11,14-15,19,26,29H,10,12-13,16-17H2,1H3/t19-/m0/s1. The second-order valence-corrected chi connectivity index (χ2v) is 8.00. The zero-order valence-corrected chi connectivity index (χ0v) is 17.2. The molecule has 3 heterocycles. The molecule has 0 bridgehead atoms. The van der Waals surface area contributed by atoms with Crippen molar-refractivity contribution in [2.45, 2.75) is 19.1 Å². The molecule has 5 rings (SSSR count). The van der Waals surface area contributed by atoms with Gasteiger partial charge in [-0.15, -0.1) is 0 Å². The van der Waals surface area contributed by atoms with Crippen molar-refractivity contribution in [2.75, 3.05) is 26.7 Å². The van der Waals surface area contributed by atoms with Crippen molar-refractivity contribution in [3.05, 3.63) is 72.6 Å². The second-order valence-electron chi connectivity index (χ2n) is 8.00. The van der Waals surface area contributed by atoms with Crippen LogP contribution in [0.4, 0.5) is 0 Å². The Labute approximate surface area is 176 Å². The maximum absolute atomic E-state index is 10.7. The maximum atomic E-state index is 10.7. The summed E-state index contributed by atoms with van der Waals surface area (Å²) in [6.45, 7) is 3.07. The zero-order valence-electron chi connectivity index (χ0n) is 17.2. The van der Waals surface area contributed by atoms with Crippen LogP contribution in [0.25, 0.3) is 27.4 Å². The highest BCUT2D eigenvalue weighted by Gasteiger charge is 2.18. The number of rotatable bonds is 6. The lowest BCUT2D eigenvalue weighted by molar-refractivity contribution is 0.104. The molecule has 4 aromatic rings. The normalized spacial score (nSPS) is 16.1. The fourth-order valence-corrected chi connectivity index (χ4v) is 4.57. The van der Waals surface area contributed by atoms with Gasteiger partial charge in [0, 0.05) is 60.4 Å². The summed E-state index contributed by atoms with van der Waals surface area (Å²) in [5.41, 5.74) is 4.97. The van der Waals surface area contributed by atoms with Gasteiger partial charge in [0.05, 0.1) is 18.7 Å². The van der Waals surface area contributed by atoms with E-state index in [0.717, 1.165) is 36.2 Å². The molecular weight excluding hydrogens is 374 g/mol. The van der Waals surface area contributed by atoms with E-state index in [0.29, 0.717) is 13.1 Å². The Hall–Kier alpha value is -3.02. The van der Waals surface area contributed by atoms with Gasteiger partial charge >= 0.3 is 0 Å². The lowest BCUT2D eigenvalue weighted by atomic mass is 9.99. The van der Waals surface area contributed by atoms with Gasteiger partial charge in [-0.05, 0) is 36.3 Å². The van der Waals surface area contributed by atoms with E-state index in [9.17, 15) is 5.11 Å². The van der Waals surface area contributed by atoms with Gasteiger partial charge in [-0.2, -0.15) is 0 Å². The van der Waals surface area contributed by atoms with Gasteiger partial charge in [-0.25, -0.2) is 0 Å². The van der Waals surface area contributed by atoms with Crippen LogP contribution in [0.5, 0.6) is 5.75 Å². The van der Waals surface area contributed by atoms with Crippen molar-refractivity contribution < 1.29 is 9.84 Å². The number of fused-ring (bicyclic) bond motifs is 2. The van der Waals surface area contributed by atoms with Gasteiger partial charge < -0.3 is 19.4 Å². The minimum Gasteiger partial charge on any atom is -0.496 e. The smallest absolute Gasteiger partial charge is 0.128 e. The van der Waals surface area contributed by atoms with E-state index in [1.54, 1.807) is 7.11 Å². The summed E-state index contributed by atoms with van der Waals surface area (Å²) in [7, 11) is 1.69. The third-order valence-electron chi connectivity index (χ3n) is 6.10. The van der Waals surface area contributed by atoms with E-state index in [-0.39, 0.29) is 0 Å². The zero-order chi connectivity index (χ0) is 20.5. The molecule has 0 spiro atoms. The monoisotopic (exact) mass is 401 g/mol. The molecule has 1 aliphatic heterocycles. The molecule has 2 aromatic heterocycles. The summed E-state index contributed by atoms with van der Waals surface area (Å²) in [5, 5.41) is 13.1. The van der Waals surface area contributed by atoms with Crippen molar-refractivity contribution in [1.82, 2.24) is 14.5 Å². The Morgan fingerprint density at radius 2 is 1.97 bits per heavy atom. The number of aliphatic hydroxyl groups excluding tert-OH is 1. The Bertz CT molecular complexity index is 1200. The van der Waals surface area contributed by atoms with E-state index < -0.39 is 6.10 Å². The van der Waals surface area contributed by atoms with Gasteiger partial charge in [0.25, 0.3) is 0 Å². The van der Waals surface area contributed by atoms with E-state index in [1.807, 2.05) is 18.3 Å². The maximum Gasteiger partial charge on any atom is 0.128 e. The highest BCUT2D eigenvalue weighted by Crippen LogP contribution is 2.29. The average molecular weight is 402 g/mol. The molecule has 2 N–H and O–H groups in total. The number of hydrogen-bond acceptors (Lipinski definition) is 3. The van der Waals surface area contributed by atoms with Crippen molar-refractivity contribution in [2.24, 2.45) is 0 Å². The Morgan fingerprint density at radius 1 is 1.07 bits per heavy atom. The fourth-order valence-electron chi connectivity index (χ4n) is 4.57. The van der Waals surface area contributed by atoms with Crippen LogP contribution in [0.1, 0.15) is 12.0 Å². The first-order valence-corrected chi connectivity index (χ1v) is 10.5. The number of ether oxygens (including phenoxy) is 1. The van der Waals surface area contributed by atoms with Gasteiger partial charge in [0.2, 0.25) is 0 Å².